The number of imide groups is 1. The largest absolute Gasteiger partial charge is 0.361 e. The van der Waals surface area contributed by atoms with Crippen LogP contribution in [0, 0.1) is 10.1 Å². The van der Waals surface area contributed by atoms with Gasteiger partial charge in [-0.25, -0.2) is 4.79 Å². The second-order valence-electron chi connectivity index (χ2n) is 7.25. The summed E-state index contributed by atoms with van der Waals surface area (Å²) < 4.78 is 0. The van der Waals surface area contributed by atoms with Crippen molar-refractivity contribution in [1.82, 2.24) is 15.2 Å². The zero-order valence-corrected chi connectivity index (χ0v) is 16.5. The number of aromatic nitrogens is 1. The van der Waals surface area contributed by atoms with Crippen LogP contribution in [0.1, 0.15) is 12.5 Å². The summed E-state index contributed by atoms with van der Waals surface area (Å²) in [6.07, 6.45) is 2.08. The number of benzene rings is 2. The van der Waals surface area contributed by atoms with Crippen molar-refractivity contribution in [2.24, 2.45) is 0 Å². The number of anilines is 1. The molecule has 1 aromatic heterocycles. The number of carbonyl (C=O) groups is 3. The molecule has 4 rings (SSSR count). The molecule has 0 bridgehead atoms. The van der Waals surface area contributed by atoms with E-state index in [1.807, 2.05) is 24.3 Å². The summed E-state index contributed by atoms with van der Waals surface area (Å²) in [6.45, 7) is 1.43. The van der Waals surface area contributed by atoms with Crippen molar-refractivity contribution in [1.29, 1.82) is 0 Å². The predicted molar refractivity (Wildman–Crippen MR) is 112 cm³/mol. The smallest absolute Gasteiger partial charge is 0.325 e. The van der Waals surface area contributed by atoms with Crippen LogP contribution in [0.15, 0.2) is 54.7 Å². The monoisotopic (exact) mass is 421 g/mol. The van der Waals surface area contributed by atoms with E-state index in [4.69, 9.17) is 0 Å². The van der Waals surface area contributed by atoms with Crippen molar-refractivity contribution < 1.29 is 19.3 Å². The van der Waals surface area contributed by atoms with Gasteiger partial charge in [0.2, 0.25) is 5.91 Å². The quantitative estimate of drug-likeness (QED) is 0.319. The Balaban J connectivity index is 1.47. The highest BCUT2D eigenvalue weighted by molar-refractivity contribution is 6.09. The number of hydrogen-bond donors (Lipinski definition) is 3. The molecule has 31 heavy (non-hydrogen) atoms. The topological polar surface area (TPSA) is 137 Å². The van der Waals surface area contributed by atoms with Gasteiger partial charge in [0, 0.05) is 41.3 Å². The second-order valence-corrected chi connectivity index (χ2v) is 7.25. The minimum Gasteiger partial charge on any atom is -0.361 e. The third-order valence-corrected chi connectivity index (χ3v) is 5.24. The highest BCUT2D eigenvalue weighted by Crippen LogP contribution is 2.23. The molecule has 10 nitrogen and oxygen atoms in total. The number of rotatable bonds is 6. The number of amides is 4. The lowest BCUT2D eigenvalue weighted by Gasteiger charge is -2.20. The van der Waals surface area contributed by atoms with Gasteiger partial charge in [0.05, 0.1) is 4.92 Å². The molecule has 0 aliphatic carbocycles. The van der Waals surface area contributed by atoms with Gasteiger partial charge < -0.3 is 15.6 Å². The van der Waals surface area contributed by atoms with E-state index in [9.17, 15) is 24.5 Å². The minimum absolute atomic E-state index is 0.181. The summed E-state index contributed by atoms with van der Waals surface area (Å²) in [6, 6.07) is 10.5. The number of nitrogens with one attached hydrogen (secondary N) is 3. The Morgan fingerprint density at radius 3 is 2.77 bits per heavy atom. The number of hydrogen-bond acceptors (Lipinski definition) is 5. The molecule has 0 spiro atoms. The number of para-hydroxylation sites is 1. The SMILES string of the molecule is CC(C(=O)Nc1cccc([N+](=O)[O-])c1)N1C(=O)NC(Cc2c[nH]c3ccccc23)C1=O. The normalized spacial score (nSPS) is 16.9. The van der Waals surface area contributed by atoms with E-state index in [0.717, 1.165) is 21.4 Å². The molecule has 4 amide bonds. The van der Waals surface area contributed by atoms with Crippen molar-refractivity contribution in [2.75, 3.05) is 5.32 Å². The van der Waals surface area contributed by atoms with Gasteiger partial charge in [-0.1, -0.05) is 24.3 Å². The number of H-pyrrole nitrogens is 1. The van der Waals surface area contributed by atoms with Gasteiger partial charge in [-0.05, 0) is 24.6 Å². The van der Waals surface area contributed by atoms with E-state index < -0.39 is 34.9 Å². The lowest BCUT2D eigenvalue weighted by molar-refractivity contribution is -0.384. The molecule has 2 unspecified atom stereocenters. The van der Waals surface area contributed by atoms with Crippen LogP contribution in [0.3, 0.4) is 0 Å². The Labute approximate surface area is 176 Å². The van der Waals surface area contributed by atoms with Gasteiger partial charge in [0.1, 0.15) is 12.1 Å². The van der Waals surface area contributed by atoms with Crippen molar-refractivity contribution in [3.8, 4) is 0 Å². The maximum atomic E-state index is 12.9. The number of nitrogens with zero attached hydrogens (tertiary/aromatic N) is 2. The van der Waals surface area contributed by atoms with Crippen LogP contribution in [-0.4, -0.2) is 44.7 Å². The molecule has 1 fully saturated rings. The first-order chi connectivity index (χ1) is 14.8. The average Bonchev–Trinajstić information content (AvgIpc) is 3.28. The number of urea groups is 1. The zero-order chi connectivity index (χ0) is 22.1. The summed E-state index contributed by atoms with van der Waals surface area (Å²) in [5.41, 5.74) is 1.83. The molecule has 10 heteroatoms. The molecular weight excluding hydrogens is 402 g/mol. The fourth-order valence-electron chi connectivity index (χ4n) is 3.63. The molecule has 0 radical (unpaired) electrons. The Morgan fingerprint density at radius 1 is 1.23 bits per heavy atom. The summed E-state index contributed by atoms with van der Waals surface area (Å²) >= 11 is 0. The minimum atomic E-state index is -1.10. The molecule has 1 aliphatic heterocycles. The lowest BCUT2D eigenvalue weighted by atomic mass is 10.0. The number of nitro benzene ring substituents is 1. The zero-order valence-electron chi connectivity index (χ0n) is 16.5. The van der Waals surface area contributed by atoms with Gasteiger partial charge in [0.25, 0.3) is 11.6 Å². The number of non-ortho nitro benzene ring substituents is 1. The summed E-state index contributed by atoms with van der Waals surface area (Å²) in [7, 11) is 0. The highest BCUT2D eigenvalue weighted by Gasteiger charge is 2.43. The van der Waals surface area contributed by atoms with E-state index in [0.29, 0.717) is 0 Å². The van der Waals surface area contributed by atoms with Crippen molar-refractivity contribution in [2.45, 2.75) is 25.4 Å². The Kier molecular flexibility index (Phi) is 5.12. The second kappa shape index (κ2) is 7.90. The number of fused-ring (bicyclic) bond motifs is 1. The molecule has 3 aromatic rings. The van der Waals surface area contributed by atoms with Crippen LogP contribution in [0.2, 0.25) is 0 Å². The van der Waals surface area contributed by atoms with Crippen LogP contribution < -0.4 is 10.6 Å². The van der Waals surface area contributed by atoms with Gasteiger partial charge in [-0.2, -0.15) is 0 Å². The summed E-state index contributed by atoms with van der Waals surface area (Å²) in [5.74, 6) is -1.13. The van der Waals surface area contributed by atoms with Crippen LogP contribution >= 0.6 is 0 Å². The highest BCUT2D eigenvalue weighted by atomic mass is 16.6. The van der Waals surface area contributed by atoms with Crippen molar-refractivity contribution in [3.63, 3.8) is 0 Å². The van der Waals surface area contributed by atoms with Crippen LogP contribution in [0.4, 0.5) is 16.2 Å². The van der Waals surface area contributed by atoms with Crippen LogP contribution in [0.25, 0.3) is 10.9 Å². The number of carbonyl (C=O) groups excluding carboxylic acids is 3. The molecule has 158 valence electrons. The Bertz CT molecular complexity index is 1200. The van der Waals surface area contributed by atoms with E-state index in [1.54, 1.807) is 6.20 Å². The van der Waals surface area contributed by atoms with E-state index in [2.05, 4.69) is 15.6 Å². The molecule has 2 aromatic carbocycles. The Hall–Kier alpha value is -4.21. The van der Waals surface area contributed by atoms with Crippen molar-refractivity contribution in [3.05, 3.63) is 70.4 Å². The van der Waals surface area contributed by atoms with Gasteiger partial charge in [0.15, 0.2) is 0 Å². The lowest BCUT2D eigenvalue weighted by Crippen LogP contribution is -2.46. The summed E-state index contributed by atoms with van der Waals surface area (Å²) in [4.78, 5) is 52.3. The first-order valence-electron chi connectivity index (χ1n) is 9.59. The fourth-order valence-corrected chi connectivity index (χ4v) is 3.63. The standard InChI is InChI=1S/C21H19N5O5/c1-12(19(27)23-14-5-4-6-15(10-14)26(30)31)25-20(28)18(24-21(25)29)9-13-11-22-17-8-3-2-7-16(13)17/h2-8,10-12,18,22H,9H2,1H3,(H,23,27)(H,24,29). The third-order valence-electron chi connectivity index (χ3n) is 5.24. The molecule has 3 N–H and O–H groups in total. The first-order valence-corrected chi connectivity index (χ1v) is 9.59. The molecule has 2 atom stereocenters. The van der Waals surface area contributed by atoms with E-state index in [-0.39, 0.29) is 17.8 Å². The van der Waals surface area contributed by atoms with Gasteiger partial charge >= 0.3 is 6.03 Å². The fraction of sp³-hybridized carbons (Fsp3) is 0.190. The molecule has 2 heterocycles. The third kappa shape index (κ3) is 3.82. The maximum absolute atomic E-state index is 12.9. The Morgan fingerprint density at radius 2 is 2.00 bits per heavy atom. The molecule has 1 saturated heterocycles. The predicted octanol–water partition coefficient (Wildman–Crippen LogP) is 2.57. The summed E-state index contributed by atoms with van der Waals surface area (Å²) in [5, 5.41) is 17.0. The van der Waals surface area contributed by atoms with E-state index >= 15 is 0 Å². The average molecular weight is 421 g/mol. The molecule has 1 aliphatic rings. The molecular formula is C21H19N5O5. The maximum Gasteiger partial charge on any atom is 0.325 e. The van der Waals surface area contributed by atoms with Crippen molar-refractivity contribution >= 4 is 40.1 Å². The molecule has 0 saturated carbocycles. The first kappa shape index (κ1) is 20.1. The van der Waals surface area contributed by atoms with Crippen LogP contribution in [-0.2, 0) is 16.0 Å². The van der Waals surface area contributed by atoms with Crippen LogP contribution in [0.5, 0.6) is 0 Å². The van der Waals surface area contributed by atoms with E-state index in [1.165, 1.54) is 31.2 Å². The van der Waals surface area contributed by atoms with Gasteiger partial charge in [-0.15, -0.1) is 0 Å². The van der Waals surface area contributed by atoms with Gasteiger partial charge in [-0.3, -0.25) is 24.6 Å². The number of aromatic amines is 1. The number of nitro groups is 1.